The Bertz CT molecular complexity index is 273. The van der Waals surface area contributed by atoms with Gasteiger partial charge in [0.2, 0.25) is 0 Å². The van der Waals surface area contributed by atoms with Gasteiger partial charge in [0.05, 0.1) is 4.47 Å². The molecule has 12 heavy (non-hydrogen) atoms. The maximum Gasteiger partial charge on any atom is 0.137 e. The Morgan fingerprint density at radius 2 is 2.50 bits per heavy atom. The zero-order valence-electron chi connectivity index (χ0n) is 6.83. The van der Waals surface area contributed by atoms with Crippen molar-refractivity contribution in [2.75, 3.05) is 6.61 Å². The van der Waals surface area contributed by atoms with Gasteiger partial charge in [0.1, 0.15) is 12.4 Å². The van der Waals surface area contributed by atoms with Crippen LogP contribution < -0.4 is 4.74 Å². The lowest BCUT2D eigenvalue weighted by molar-refractivity contribution is 0.360. The van der Waals surface area contributed by atoms with Crippen LogP contribution in [-0.2, 0) is 0 Å². The highest BCUT2D eigenvalue weighted by Gasteiger charge is 1.96. The molecule has 0 spiro atoms. The van der Waals surface area contributed by atoms with Gasteiger partial charge in [-0.25, -0.2) is 0 Å². The van der Waals surface area contributed by atoms with E-state index in [0.29, 0.717) is 6.61 Å². The lowest BCUT2D eigenvalue weighted by Gasteiger charge is -2.03. The molecule has 0 aliphatic rings. The van der Waals surface area contributed by atoms with Gasteiger partial charge in [-0.3, -0.25) is 4.98 Å². The van der Waals surface area contributed by atoms with Gasteiger partial charge in [0, 0.05) is 12.4 Å². The number of aromatic nitrogens is 1. The van der Waals surface area contributed by atoms with Crippen LogP contribution in [0.25, 0.3) is 0 Å². The van der Waals surface area contributed by atoms with Gasteiger partial charge < -0.3 is 4.74 Å². The summed E-state index contributed by atoms with van der Waals surface area (Å²) >= 11 is 3.34. The van der Waals surface area contributed by atoms with Gasteiger partial charge in [-0.2, -0.15) is 0 Å². The number of rotatable bonds is 3. The summed E-state index contributed by atoms with van der Waals surface area (Å²) in [6.07, 6.45) is 7.32. The zero-order chi connectivity index (χ0) is 8.81. The Morgan fingerprint density at radius 3 is 3.17 bits per heavy atom. The molecular weight excluding hydrogens is 218 g/mol. The summed E-state index contributed by atoms with van der Waals surface area (Å²) in [4.78, 5) is 3.93. The normalized spacial score (nSPS) is 10.5. The van der Waals surface area contributed by atoms with E-state index in [9.17, 15) is 0 Å². The topological polar surface area (TPSA) is 22.1 Å². The molecule has 0 saturated heterocycles. The molecule has 0 amide bonds. The van der Waals surface area contributed by atoms with Crippen LogP contribution in [0.3, 0.4) is 0 Å². The average molecular weight is 228 g/mol. The number of hydrogen-bond acceptors (Lipinski definition) is 2. The van der Waals surface area contributed by atoms with Crippen molar-refractivity contribution in [3.8, 4) is 5.75 Å². The smallest absolute Gasteiger partial charge is 0.137 e. The minimum Gasteiger partial charge on any atom is -0.488 e. The van der Waals surface area contributed by atoms with Crippen molar-refractivity contribution in [3.63, 3.8) is 0 Å². The molecule has 0 fully saturated rings. The Morgan fingerprint density at radius 1 is 1.67 bits per heavy atom. The van der Waals surface area contributed by atoms with E-state index in [2.05, 4.69) is 20.9 Å². The Hall–Kier alpha value is -0.830. The minimum absolute atomic E-state index is 0.596. The maximum absolute atomic E-state index is 5.40. The van der Waals surface area contributed by atoms with E-state index in [0.717, 1.165) is 10.2 Å². The first-order chi connectivity index (χ1) is 5.84. The molecule has 0 N–H and O–H groups in total. The summed E-state index contributed by atoms with van der Waals surface area (Å²) in [6.45, 7) is 2.56. The second kappa shape index (κ2) is 4.93. The largest absolute Gasteiger partial charge is 0.488 e. The second-order valence-corrected chi connectivity index (χ2v) is 3.04. The highest BCUT2D eigenvalue weighted by Crippen LogP contribution is 2.22. The van der Waals surface area contributed by atoms with Crippen LogP contribution in [0.2, 0.25) is 0 Å². The lowest BCUT2D eigenvalue weighted by Crippen LogP contribution is -1.93. The Kier molecular flexibility index (Phi) is 3.80. The summed E-state index contributed by atoms with van der Waals surface area (Å²) < 4.78 is 6.29. The van der Waals surface area contributed by atoms with E-state index in [-0.39, 0.29) is 0 Å². The number of ether oxygens (including phenoxy) is 1. The molecule has 0 aliphatic carbocycles. The summed E-state index contributed by atoms with van der Waals surface area (Å²) in [5.74, 6) is 0.822. The Labute approximate surface area is 80.4 Å². The van der Waals surface area contributed by atoms with Crippen molar-refractivity contribution in [2.24, 2.45) is 0 Å². The third-order valence-corrected chi connectivity index (χ3v) is 1.90. The molecule has 0 saturated carbocycles. The highest BCUT2D eigenvalue weighted by molar-refractivity contribution is 9.10. The van der Waals surface area contributed by atoms with E-state index in [1.807, 2.05) is 25.1 Å². The molecule has 1 aromatic heterocycles. The molecule has 0 atom stereocenters. The first kappa shape index (κ1) is 9.26. The molecular formula is C9H10BrNO. The molecule has 0 bridgehead atoms. The van der Waals surface area contributed by atoms with Crippen LogP contribution in [0.1, 0.15) is 6.92 Å². The molecule has 3 heteroatoms. The number of halogens is 1. The SMILES string of the molecule is C/C=C/COc1ccncc1Br. The van der Waals surface area contributed by atoms with Gasteiger partial charge in [-0.1, -0.05) is 12.2 Å². The van der Waals surface area contributed by atoms with Gasteiger partial charge in [0.25, 0.3) is 0 Å². The van der Waals surface area contributed by atoms with Crippen LogP contribution in [0.5, 0.6) is 5.75 Å². The molecule has 0 aromatic carbocycles. The number of hydrogen-bond donors (Lipinski definition) is 0. The van der Waals surface area contributed by atoms with Crippen LogP contribution in [0.4, 0.5) is 0 Å². The fourth-order valence-corrected chi connectivity index (χ4v) is 1.08. The van der Waals surface area contributed by atoms with Crippen molar-refractivity contribution in [3.05, 3.63) is 35.1 Å². The Balaban J connectivity index is 2.57. The van der Waals surface area contributed by atoms with E-state index < -0.39 is 0 Å². The van der Waals surface area contributed by atoms with Crippen LogP contribution in [0, 0.1) is 0 Å². The third kappa shape index (κ3) is 2.66. The first-order valence-corrected chi connectivity index (χ1v) is 4.47. The van der Waals surface area contributed by atoms with Gasteiger partial charge in [-0.15, -0.1) is 0 Å². The standard InChI is InChI=1S/C9H10BrNO/c1-2-3-6-12-9-4-5-11-7-8(9)10/h2-5,7H,6H2,1H3/b3-2+. The van der Waals surface area contributed by atoms with E-state index in [1.165, 1.54) is 0 Å². The summed E-state index contributed by atoms with van der Waals surface area (Å²) in [5.41, 5.74) is 0. The number of pyridine rings is 1. The maximum atomic E-state index is 5.40. The molecule has 1 heterocycles. The van der Waals surface area contributed by atoms with Crippen LogP contribution >= 0.6 is 15.9 Å². The lowest BCUT2D eigenvalue weighted by atomic mass is 10.4. The summed E-state index contributed by atoms with van der Waals surface area (Å²) in [6, 6.07) is 1.83. The summed E-state index contributed by atoms with van der Waals surface area (Å²) in [7, 11) is 0. The molecule has 0 unspecified atom stereocenters. The molecule has 0 aliphatic heterocycles. The third-order valence-electron chi connectivity index (χ3n) is 1.31. The predicted molar refractivity (Wildman–Crippen MR) is 52.2 cm³/mol. The van der Waals surface area contributed by atoms with Crippen molar-refractivity contribution >= 4 is 15.9 Å². The summed E-state index contributed by atoms with van der Waals surface area (Å²) in [5, 5.41) is 0. The van der Waals surface area contributed by atoms with Crippen molar-refractivity contribution < 1.29 is 4.74 Å². The average Bonchev–Trinajstić information content (AvgIpc) is 2.09. The molecule has 0 radical (unpaired) electrons. The number of nitrogens with zero attached hydrogens (tertiary/aromatic N) is 1. The second-order valence-electron chi connectivity index (χ2n) is 2.19. The van der Waals surface area contributed by atoms with Crippen molar-refractivity contribution in [1.82, 2.24) is 4.98 Å². The molecule has 1 rings (SSSR count). The monoisotopic (exact) mass is 227 g/mol. The first-order valence-electron chi connectivity index (χ1n) is 3.68. The number of allylic oxidation sites excluding steroid dienone is 1. The van der Waals surface area contributed by atoms with Crippen molar-refractivity contribution in [1.29, 1.82) is 0 Å². The molecule has 64 valence electrons. The minimum atomic E-state index is 0.596. The van der Waals surface area contributed by atoms with Gasteiger partial charge in [0.15, 0.2) is 0 Å². The van der Waals surface area contributed by atoms with E-state index >= 15 is 0 Å². The molecule has 1 aromatic rings. The highest BCUT2D eigenvalue weighted by atomic mass is 79.9. The van der Waals surface area contributed by atoms with Crippen LogP contribution in [-0.4, -0.2) is 11.6 Å². The van der Waals surface area contributed by atoms with E-state index in [1.54, 1.807) is 12.4 Å². The predicted octanol–water partition coefficient (Wildman–Crippen LogP) is 2.80. The van der Waals surface area contributed by atoms with Crippen LogP contribution in [0.15, 0.2) is 35.1 Å². The molecule has 2 nitrogen and oxygen atoms in total. The van der Waals surface area contributed by atoms with E-state index in [4.69, 9.17) is 4.74 Å². The fraction of sp³-hybridized carbons (Fsp3) is 0.222. The van der Waals surface area contributed by atoms with Gasteiger partial charge in [-0.05, 0) is 28.9 Å². The van der Waals surface area contributed by atoms with Crippen molar-refractivity contribution in [2.45, 2.75) is 6.92 Å². The van der Waals surface area contributed by atoms with Gasteiger partial charge >= 0.3 is 0 Å². The quantitative estimate of drug-likeness (QED) is 0.742. The zero-order valence-corrected chi connectivity index (χ0v) is 8.41. The fourth-order valence-electron chi connectivity index (χ4n) is 0.714.